The summed E-state index contributed by atoms with van der Waals surface area (Å²) in [6, 6.07) is 0. The highest BCUT2D eigenvalue weighted by Crippen LogP contribution is 2.33. The second kappa shape index (κ2) is 4.76. The minimum Gasteiger partial charge on any atom is -0.330 e. The second-order valence-corrected chi connectivity index (χ2v) is 3.92. The van der Waals surface area contributed by atoms with Gasteiger partial charge in [-0.15, -0.1) is 0 Å². The topological polar surface area (TPSA) is 26.0 Å². The van der Waals surface area contributed by atoms with Crippen LogP contribution in [0.5, 0.6) is 0 Å². The zero-order valence-electron chi connectivity index (χ0n) is 7.68. The van der Waals surface area contributed by atoms with E-state index in [2.05, 4.69) is 6.92 Å². The molecule has 0 aliphatic heterocycles. The average molecular weight is 155 g/mol. The van der Waals surface area contributed by atoms with Crippen molar-refractivity contribution in [2.75, 3.05) is 6.54 Å². The maximum Gasteiger partial charge on any atom is -0.00488 e. The molecule has 0 bridgehead atoms. The maximum absolute atomic E-state index is 5.62. The quantitative estimate of drug-likeness (QED) is 0.663. The molecular formula is C10H21N. The first-order valence-electron chi connectivity index (χ1n) is 5.06. The Labute approximate surface area is 70.4 Å². The molecule has 0 heterocycles. The zero-order chi connectivity index (χ0) is 8.10. The first-order chi connectivity index (χ1) is 5.36. The molecule has 0 aromatic carbocycles. The fourth-order valence-electron chi connectivity index (χ4n) is 2.15. The molecule has 1 heteroatoms. The summed E-state index contributed by atoms with van der Waals surface area (Å²) in [5, 5.41) is 0. The van der Waals surface area contributed by atoms with Gasteiger partial charge in [-0.05, 0) is 31.2 Å². The molecule has 2 N–H and O–H groups in total. The molecule has 1 nitrogen and oxygen atoms in total. The summed E-state index contributed by atoms with van der Waals surface area (Å²) in [5.41, 5.74) is 5.62. The van der Waals surface area contributed by atoms with E-state index in [0.717, 1.165) is 18.4 Å². The first-order valence-corrected chi connectivity index (χ1v) is 5.06. The lowest BCUT2D eigenvalue weighted by Gasteiger charge is -2.08. The van der Waals surface area contributed by atoms with Crippen molar-refractivity contribution >= 4 is 0 Å². The number of nitrogens with two attached hydrogens (primary N) is 1. The second-order valence-electron chi connectivity index (χ2n) is 3.92. The van der Waals surface area contributed by atoms with Gasteiger partial charge >= 0.3 is 0 Å². The van der Waals surface area contributed by atoms with Crippen molar-refractivity contribution in [1.29, 1.82) is 0 Å². The third-order valence-corrected chi connectivity index (χ3v) is 2.95. The molecule has 1 fully saturated rings. The predicted molar refractivity (Wildman–Crippen MR) is 49.4 cm³/mol. The van der Waals surface area contributed by atoms with Gasteiger partial charge in [0.15, 0.2) is 0 Å². The maximum atomic E-state index is 5.62. The molecule has 1 aliphatic carbocycles. The molecule has 0 saturated heterocycles. The largest absolute Gasteiger partial charge is 0.330 e. The summed E-state index contributed by atoms with van der Waals surface area (Å²) in [4.78, 5) is 0. The molecule has 0 aromatic rings. The van der Waals surface area contributed by atoms with Crippen LogP contribution in [-0.2, 0) is 0 Å². The van der Waals surface area contributed by atoms with Gasteiger partial charge in [0.1, 0.15) is 0 Å². The minimum absolute atomic E-state index is 0.858. The van der Waals surface area contributed by atoms with Crippen molar-refractivity contribution in [1.82, 2.24) is 0 Å². The van der Waals surface area contributed by atoms with E-state index in [9.17, 15) is 0 Å². The van der Waals surface area contributed by atoms with E-state index in [1.807, 2.05) is 0 Å². The highest BCUT2D eigenvalue weighted by atomic mass is 14.6. The number of rotatable bonds is 4. The number of hydrogen-bond acceptors (Lipinski definition) is 1. The highest BCUT2D eigenvalue weighted by molar-refractivity contribution is 4.75. The summed E-state index contributed by atoms with van der Waals surface area (Å²) in [5.74, 6) is 1.88. The van der Waals surface area contributed by atoms with Crippen LogP contribution in [0.2, 0.25) is 0 Å². The summed E-state index contributed by atoms with van der Waals surface area (Å²) in [6.07, 6.45) is 8.47. The summed E-state index contributed by atoms with van der Waals surface area (Å²) < 4.78 is 0. The third kappa shape index (κ3) is 2.82. The summed E-state index contributed by atoms with van der Waals surface area (Å²) in [6.45, 7) is 3.19. The number of hydrogen-bond donors (Lipinski definition) is 1. The Morgan fingerprint density at radius 2 is 2.00 bits per heavy atom. The lowest BCUT2D eigenvalue weighted by Crippen LogP contribution is -2.10. The molecule has 2 unspecified atom stereocenters. The minimum atomic E-state index is 0.858. The van der Waals surface area contributed by atoms with E-state index in [0.29, 0.717) is 0 Å². The Morgan fingerprint density at radius 1 is 1.27 bits per heavy atom. The van der Waals surface area contributed by atoms with E-state index in [4.69, 9.17) is 5.73 Å². The monoisotopic (exact) mass is 155 g/mol. The molecule has 1 aliphatic rings. The van der Waals surface area contributed by atoms with Crippen LogP contribution < -0.4 is 5.73 Å². The van der Waals surface area contributed by atoms with Gasteiger partial charge in [-0.1, -0.05) is 32.6 Å². The van der Waals surface area contributed by atoms with Gasteiger partial charge in [0, 0.05) is 0 Å². The lowest BCUT2D eigenvalue weighted by atomic mass is 9.99. The van der Waals surface area contributed by atoms with Crippen molar-refractivity contribution < 1.29 is 0 Å². The predicted octanol–water partition coefficient (Wildman–Crippen LogP) is 2.55. The van der Waals surface area contributed by atoms with E-state index >= 15 is 0 Å². The van der Waals surface area contributed by atoms with Gasteiger partial charge in [-0.2, -0.15) is 0 Å². The van der Waals surface area contributed by atoms with Gasteiger partial charge in [0.2, 0.25) is 0 Å². The van der Waals surface area contributed by atoms with Crippen molar-refractivity contribution in [3.8, 4) is 0 Å². The summed E-state index contributed by atoms with van der Waals surface area (Å²) in [7, 11) is 0. The normalized spacial score (nSPS) is 31.1. The lowest BCUT2D eigenvalue weighted by molar-refractivity contribution is 0.453. The standard InChI is InChI=1S/C10H21N/c1-2-3-4-9-5-6-10(7-9)8-11/h9-10H,2-8,11H2,1H3. The molecule has 0 aromatic heterocycles. The third-order valence-electron chi connectivity index (χ3n) is 2.95. The Hall–Kier alpha value is -0.0400. The Balaban J connectivity index is 2.09. The van der Waals surface area contributed by atoms with Crippen LogP contribution in [0.15, 0.2) is 0 Å². The van der Waals surface area contributed by atoms with Crippen LogP contribution in [-0.4, -0.2) is 6.54 Å². The van der Waals surface area contributed by atoms with Gasteiger partial charge < -0.3 is 5.73 Å². The Kier molecular flexibility index (Phi) is 3.92. The molecule has 0 radical (unpaired) electrons. The SMILES string of the molecule is CCCCC1CCC(CN)C1. The summed E-state index contributed by atoms with van der Waals surface area (Å²) >= 11 is 0. The molecule has 11 heavy (non-hydrogen) atoms. The van der Waals surface area contributed by atoms with Crippen LogP contribution in [0.4, 0.5) is 0 Å². The van der Waals surface area contributed by atoms with Gasteiger partial charge in [0.05, 0.1) is 0 Å². The van der Waals surface area contributed by atoms with Crippen LogP contribution in [0.3, 0.4) is 0 Å². The molecule has 0 spiro atoms. The van der Waals surface area contributed by atoms with E-state index in [-0.39, 0.29) is 0 Å². The molecule has 2 atom stereocenters. The molecule has 0 amide bonds. The van der Waals surface area contributed by atoms with Crippen molar-refractivity contribution in [2.24, 2.45) is 17.6 Å². The van der Waals surface area contributed by atoms with Crippen LogP contribution in [0, 0.1) is 11.8 Å². The average Bonchev–Trinajstić information content (AvgIpc) is 2.48. The van der Waals surface area contributed by atoms with E-state index < -0.39 is 0 Å². The van der Waals surface area contributed by atoms with Crippen LogP contribution in [0.25, 0.3) is 0 Å². The smallest absolute Gasteiger partial charge is 0.00488 e. The van der Waals surface area contributed by atoms with E-state index in [1.54, 1.807) is 0 Å². The Bertz CT molecular complexity index is 101. The van der Waals surface area contributed by atoms with Crippen molar-refractivity contribution in [2.45, 2.75) is 45.4 Å². The highest BCUT2D eigenvalue weighted by Gasteiger charge is 2.22. The van der Waals surface area contributed by atoms with Gasteiger partial charge in [-0.25, -0.2) is 0 Å². The molecule has 1 rings (SSSR count). The molecule has 1 saturated carbocycles. The van der Waals surface area contributed by atoms with Gasteiger partial charge in [-0.3, -0.25) is 0 Å². The van der Waals surface area contributed by atoms with E-state index in [1.165, 1.54) is 38.5 Å². The van der Waals surface area contributed by atoms with Gasteiger partial charge in [0.25, 0.3) is 0 Å². The van der Waals surface area contributed by atoms with Crippen molar-refractivity contribution in [3.63, 3.8) is 0 Å². The fraction of sp³-hybridized carbons (Fsp3) is 1.00. The van der Waals surface area contributed by atoms with Crippen LogP contribution in [0.1, 0.15) is 45.4 Å². The first kappa shape index (κ1) is 9.05. The van der Waals surface area contributed by atoms with Crippen molar-refractivity contribution in [3.05, 3.63) is 0 Å². The fourth-order valence-corrected chi connectivity index (χ4v) is 2.15. The zero-order valence-corrected chi connectivity index (χ0v) is 7.68. The molecule has 66 valence electrons. The number of unbranched alkanes of at least 4 members (excludes halogenated alkanes) is 1. The Morgan fingerprint density at radius 3 is 2.55 bits per heavy atom. The molecular weight excluding hydrogens is 134 g/mol. The van der Waals surface area contributed by atoms with Crippen LogP contribution >= 0.6 is 0 Å².